The van der Waals surface area contributed by atoms with Gasteiger partial charge in [-0.3, -0.25) is 19.7 Å². The van der Waals surface area contributed by atoms with Crippen LogP contribution in [0.4, 0.5) is 5.69 Å². The molecule has 1 fully saturated rings. The molecule has 0 radical (unpaired) electrons. The van der Waals surface area contributed by atoms with Gasteiger partial charge in [-0.05, 0) is 28.8 Å². The van der Waals surface area contributed by atoms with Crippen molar-refractivity contribution in [2.24, 2.45) is 5.41 Å². The molecule has 0 aliphatic carbocycles. The Labute approximate surface area is 166 Å². The van der Waals surface area contributed by atoms with Crippen molar-refractivity contribution in [2.75, 3.05) is 20.8 Å². The smallest absolute Gasteiger partial charge is 0.330 e. The highest BCUT2D eigenvalue weighted by Gasteiger charge is 2.62. The maximum atomic E-state index is 12.9. The summed E-state index contributed by atoms with van der Waals surface area (Å²) in [6.07, 6.45) is 0.636. The van der Waals surface area contributed by atoms with Gasteiger partial charge < -0.3 is 14.2 Å². The Kier molecular flexibility index (Phi) is 5.74. The minimum absolute atomic E-state index is 0.0131. The summed E-state index contributed by atoms with van der Waals surface area (Å²) in [5.74, 6) is -1.65. The number of nitrogens with zero attached hydrogens (tertiary/aromatic N) is 1. The van der Waals surface area contributed by atoms with Gasteiger partial charge in [0.25, 0.3) is 5.69 Å². The lowest BCUT2D eigenvalue weighted by molar-refractivity contribution is -0.384. The van der Waals surface area contributed by atoms with E-state index in [9.17, 15) is 19.7 Å². The van der Waals surface area contributed by atoms with Gasteiger partial charge in [-0.25, -0.2) is 0 Å². The Morgan fingerprint density at radius 2 is 1.66 bits per heavy atom. The van der Waals surface area contributed by atoms with Crippen LogP contribution in [0.5, 0.6) is 0 Å². The lowest BCUT2D eigenvalue weighted by Gasteiger charge is -2.29. The molecule has 1 heterocycles. The Bertz CT molecular complexity index is 935. The molecule has 1 aliphatic heterocycles. The van der Waals surface area contributed by atoms with Crippen molar-refractivity contribution in [3.8, 4) is 0 Å². The van der Waals surface area contributed by atoms with Gasteiger partial charge >= 0.3 is 11.9 Å². The molecule has 0 amide bonds. The van der Waals surface area contributed by atoms with Crippen LogP contribution in [-0.2, 0) is 23.8 Å². The molecule has 3 rings (SSSR count). The van der Waals surface area contributed by atoms with Gasteiger partial charge in [-0.1, -0.05) is 36.4 Å². The second-order valence-electron chi connectivity index (χ2n) is 6.41. The van der Waals surface area contributed by atoms with E-state index < -0.39 is 28.4 Å². The fourth-order valence-electron chi connectivity index (χ4n) is 3.48. The predicted molar refractivity (Wildman–Crippen MR) is 103 cm³/mol. The van der Waals surface area contributed by atoms with Crippen LogP contribution in [0.3, 0.4) is 0 Å². The first-order valence-corrected chi connectivity index (χ1v) is 8.74. The van der Waals surface area contributed by atoms with Gasteiger partial charge in [-0.2, -0.15) is 0 Å². The SMILES string of the molecule is COC(=O)C1(C(=O)OC)/C(=C/c2ccccc2)COC1c1ccc([N+](=O)[O-])cc1. The molecule has 2 aromatic carbocycles. The molecule has 1 atom stereocenters. The Hall–Kier alpha value is -3.52. The average Bonchev–Trinajstić information content (AvgIpc) is 3.13. The highest BCUT2D eigenvalue weighted by molar-refractivity contribution is 6.06. The van der Waals surface area contributed by atoms with Gasteiger partial charge in [0, 0.05) is 12.1 Å². The van der Waals surface area contributed by atoms with Crippen LogP contribution in [0.2, 0.25) is 0 Å². The maximum Gasteiger partial charge on any atom is 0.330 e. The van der Waals surface area contributed by atoms with Crippen LogP contribution >= 0.6 is 0 Å². The first-order valence-electron chi connectivity index (χ1n) is 8.74. The van der Waals surface area contributed by atoms with E-state index in [1.165, 1.54) is 38.5 Å². The van der Waals surface area contributed by atoms with Crippen molar-refractivity contribution in [3.63, 3.8) is 0 Å². The molecule has 0 N–H and O–H groups in total. The molecule has 1 unspecified atom stereocenters. The number of non-ortho nitro benzene ring substituents is 1. The summed E-state index contributed by atoms with van der Waals surface area (Å²) in [5, 5.41) is 10.9. The molecule has 0 bridgehead atoms. The number of benzene rings is 2. The minimum Gasteiger partial charge on any atom is -0.468 e. The summed E-state index contributed by atoms with van der Waals surface area (Å²) < 4.78 is 15.8. The number of hydrogen-bond acceptors (Lipinski definition) is 7. The van der Waals surface area contributed by atoms with E-state index >= 15 is 0 Å². The number of nitro benzene ring substituents is 1. The number of hydrogen-bond donors (Lipinski definition) is 0. The summed E-state index contributed by atoms with van der Waals surface area (Å²) in [6, 6.07) is 14.6. The van der Waals surface area contributed by atoms with Crippen molar-refractivity contribution in [3.05, 3.63) is 81.4 Å². The van der Waals surface area contributed by atoms with E-state index in [1.807, 2.05) is 30.3 Å². The van der Waals surface area contributed by atoms with Crippen molar-refractivity contribution in [1.82, 2.24) is 0 Å². The molecule has 150 valence electrons. The van der Waals surface area contributed by atoms with E-state index in [2.05, 4.69) is 0 Å². The third kappa shape index (κ3) is 3.50. The maximum absolute atomic E-state index is 12.9. The number of carbonyl (C=O) groups is 2. The Balaban J connectivity index is 2.17. The number of nitro groups is 1. The molecule has 29 heavy (non-hydrogen) atoms. The zero-order valence-corrected chi connectivity index (χ0v) is 15.9. The molecule has 0 aromatic heterocycles. The van der Waals surface area contributed by atoms with Gasteiger partial charge in [0.05, 0.1) is 25.7 Å². The van der Waals surface area contributed by atoms with Crippen LogP contribution < -0.4 is 0 Å². The standard InChI is InChI=1S/C21H19NO7/c1-27-19(23)21(20(24)28-2)16(12-14-6-4-3-5-7-14)13-29-18(21)15-8-10-17(11-9-15)22(25)26/h3-12,18H,13H2,1-2H3/b16-12+. The molecule has 1 aliphatic rings. The van der Waals surface area contributed by atoms with Crippen LogP contribution in [0, 0.1) is 15.5 Å². The zero-order chi connectivity index (χ0) is 21.0. The molecule has 1 saturated heterocycles. The number of methoxy groups -OCH3 is 2. The van der Waals surface area contributed by atoms with Crippen LogP contribution in [0.15, 0.2) is 60.2 Å². The van der Waals surface area contributed by atoms with Crippen LogP contribution in [-0.4, -0.2) is 37.7 Å². The third-order valence-electron chi connectivity index (χ3n) is 4.87. The second-order valence-corrected chi connectivity index (χ2v) is 6.41. The molecular formula is C21H19NO7. The van der Waals surface area contributed by atoms with Gasteiger partial charge in [0.15, 0.2) is 0 Å². The lowest BCUT2D eigenvalue weighted by Crippen LogP contribution is -2.44. The number of carbonyl (C=O) groups excluding carboxylic acids is 2. The first-order chi connectivity index (χ1) is 13.9. The number of rotatable bonds is 5. The lowest BCUT2D eigenvalue weighted by atomic mass is 9.74. The first kappa shape index (κ1) is 20.2. The second kappa shape index (κ2) is 8.24. The van der Waals surface area contributed by atoms with Crippen LogP contribution in [0.25, 0.3) is 6.08 Å². The normalized spacial score (nSPS) is 19.0. The summed E-state index contributed by atoms with van der Waals surface area (Å²) in [5.41, 5.74) is -0.412. The molecule has 2 aromatic rings. The van der Waals surface area contributed by atoms with Crippen molar-refractivity contribution < 1.29 is 28.7 Å². The molecular weight excluding hydrogens is 378 g/mol. The van der Waals surface area contributed by atoms with E-state index in [0.717, 1.165) is 5.56 Å². The predicted octanol–water partition coefficient (Wildman–Crippen LogP) is 3.08. The van der Waals surface area contributed by atoms with Gasteiger partial charge in [0.1, 0.15) is 6.10 Å². The highest BCUT2D eigenvalue weighted by atomic mass is 16.6. The zero-order valence-electron chi connectivity index (χ0n) is 15.9. The number of esters is 2. The average molecular weight is 397 g/mol. The van der Waals surface area contributed by atoms with Crippen LogP contribution in [0.1, 0.15) is 17.2 Å². The summed E-state index contributed by atoms with van der Waals surface area (Å²) in [7, 11) is 2.36. The van der Waals surface area contributed by atoms with Gasteiger partial charge in [0.2, 0.25) is 5.41 Å². The van der Waals surface area contributed by atoms with E-state index in [-0.39, 0.29) is 12.3 Å². The third-order valence-corrected chi connectivity index (χ3v) is 4.87. The fourth-order valence-corrected chi connectivity index (χ4v) is 3.48. The molecule has 8 heteroatoms. The molecule has 0 saturated carbocycles. The van der Waals surface area contributed by atoms with E-state index in [1.54, 1.807) is 6.08 Å². The summed E-state index contributed by atoms with van der Waals surface area (Å²) in [6.45, 7) is -0.0131. The van der Waals surface area contributed by atoms with Crippen molar-refractivity contribution >= 4 is 23.7 Å². The van der Waals surface area contributed by atoms with Crippen molar-refractivity contribution in [2.45, 2.75) is 6.10 Å². The van der Waals surface area contributed by atoms with E-state index in [0.29, 0.717) is 11.1 Å². The Morgan fingerprint density at radius 1 is 1.07 bits per heavy atom. The monoisotopic (exact) mass is 397 g/mol. The topological polar surface area (TPSA) is 105 Å². The van der Waals surface area contributed by atoms with Gasteiger partial charge in [-0.15, -0.1) is 0 Å². The summed E-state index contributed by atoms with van der Waals surface area (Å²) >= 11 is 0. The Morgan fingerprint density at radius 3 is 2.17 bits per heavy atom. The molecule has 0 spiro atoms. The van der Waals surface area contributed by atoms with Crippen molar-refractivity contribution in [1.29, 1.82) is 0 Å². The quantitative estimate of drug-likeness (QED) is 0.330. The number of ether oxygens (including phenoxy) is 3. The minimum atomic E-state index is -1.87. The highest BCUT2D eigenvalue weighted by Crippen LogP contribution is 2.51. The summed E-state index contributed by atoms with van der Waals surface area (Å²) in [4.78, 5) is 36.3. The van der Waals surface area contributed by atoms with E-state index in [4.69, 9.17) is 14.2 Å². The fraction of sp³-hybridized carbons (Fsp3) is 0.238. The largest absolute Gasteiger partial charge is 0.468 e. The molecule has 8 nitrogen and oxygen atoms in total.